The van der Waals surface area contributed by atoms with E-state index in [1.54, 1.807) is 33.7 Å². The number of hydrogen-bond donors (Lipinski definition) is 1. The number of rotatable bonds is 6. The highest BCUT2D eigenvalue weighted by molar-refractivity contribution is 7.14. The molecule has 0 fully saturated rings. The molecule has 8 heteroatoms. The Balaban J connectivity index is 1.46. The van der Waals surface area contributed by atoms with Gasteiger partial charge < -0.3 is 10.2 Å². The van der Waals surface area contributed by atoms with Crippen molar-refractivity contribution in [1.29, 1.82) is 0 Å². The van der Waals surface area contributed by atoms with E-state index >= 15 is 0 Å². The molecule has 4 aromatic rings. The fraction of sp³-hybridized carbons (Fsp3) is 0.150. The van der Waals surface area contributed by atoms with Gasteiger partial charge in [-0.25, -0.2) is 9.67 Å². The number of carbonyl (C=O) groups excluding carboxylic acids is 1. The predicted octanol–water partition coefficient (Wildman–Crippen LogP) is 4.43. The predicted molar refractivity (Wildman–Crippen MR) is 115 cm³/mol. The quantitative estimate of drug-likeness (QED) is 0.512. The van der Waals surface area contributed by atoms with Gasteiger partial charge in [0.05, 0.1) is 12.7 Å². The third kappa shape index (κ3) is 3.97. The summed E-state index contributed by atoms with van der Waals surface area (Å²) in [5, 5.41) is 13.9. The van der Waals surface area contributed by atoms with E-state index in [0.717, 1.165) is 21.8 Å². The standard InChI is InChI=1S/C20H19N5OS2/c1-24(2)16-5-3-14(4-6-16)11-25-18(7-9-21-25)23-19(26)17-13-28-20(22-17)15-8-10-27-12-15/h3-10,12-13H,11H2,1-2H3,(H,23,26). The summed E-state index contributed by atoms with van der Waals surface area (Å²) in [4.78, 5) is 19.1. The first kappa shape index (κ1) is 18.4. The molecule has 0 radical (unpaired) electrons. The van der Waals surface area contributed by atoms with E-state index in [2.05, 4.69) is 44.6 Å². The number of amides is 1. The first-order chi connectivity index (χ1) is 13.6. The molecule has 0 aliphatic heterocycles. The smallest absolute Gasteiger partial charge is 0.276 e. The minimum atomic E-state index is -0.234. The van der Waals surface area contributed by atoms with E-state index in [1.807, 2.05) is 30.9 Å². The molecule has 6 nitrogen and oxygen atoms in total. The Kier molecular flexibility index (Phi) is 5.23. The topological polar surface area (TPSA) is 63.1 Å². The van der Waals surface area contributed by atoms with Gasteiger partial charge >= 0.3 is 0 Å². The summed E-state index contributed by atoms with van der Waals surface area (Å²) in [5.74, 6) is 0.411. The lowest BCUT2D eigenvalue weighted by molar-refractivity contribution is 0.102. The van der Waals surface area contributed by atoms with Crippen molar-refractivity contribution in [3.8, 4) is 10.6 Å². The molecule has 0 atom stereocenters. The highest BCUT2D eigenvalue weighted by atomic mass is 32.1. The van der Waals surface area contributed by atoms with E-state index in [0.29, 0.717) is 18.1 Å². The van der Waals surface area contributed by atoms with Crippen LogP contribution in [0.15, 0.2) is 58.7 Å². The maximum absolute atomic E-state index is 12.6. The minimum Gasteiger partial charge on any atom is -0.378 e. The lowest BCUT2D eigenvalue weighted by atomic mass is 10.2. The second kappa shape index (κ2) is 7.95. The summed E-state index contributed by atoms with van der Waals surface area (Å²) in [6.45, 7) is 0.577. The number of benzene rings is 1. The first-order valence-electron chi connectivity index (χ1n) is 8.67. The van der Waals surface area contributed by atoms with Gasteiger partial charge in [-0.05, 0) is 29.1 Å². The van der Waals surface area contributed by atoms with Crippen LogP contribution in [0.25, 0.3) is 10.6 Å². The van der Waals surface area contributed by atoms with Gasteiger partial charge in [-0.1, -0.05) is 12.1 Å². The lowest BCUT2D eigenvalue weighted by Gasteiger charge is -2.13. The largest absolute Gasteiger partial charge is 0.378 e. The van der Waals surface area contributed by atoms with Gasteiger partial charge in [-0.3, -0.25) is 4.79 Å². The normalized spacial score (nSPS) is 10.8. The van der Waals surface area contributed by atoms with Crippen LogP contribution in [0.1, 0.15) is 16.1 Å². The molecule has 0 unspecified atom stereocenters. The lowest BCUT2D eigenvalue weighted by Crippen LogP contribution is -2.16. The second-order valence-electron chi connectivity index (χ2n) is 6.44. The Morgan fingerprint density at radius 2 is 1.96 bits per heavy atom. The zero-order valence-electron chi connectivity index (χ0n) is 15.5. The van der Waals surface area contributed by atoms with Crippen LogP contribution in [0, 0.1) is 0 Å². The maximum atomic E-state index is 12.6. The van der Waals surface area contributed by atoms with Crippen molar-refractivity contribution in [1.82, 2.24) is 14.8 Å². The van der Waals surface area contributed by atoms with Gasteiger partial charge in [0.1, 0.15) is 16.5 Å². The summed E-state index contributed by atoms with van der Waals surface area (Å²) < 4.78 is 1.77. The number of aromatic nitrogens is 3. The Hall–Kier alpha value is -2.97. The summed E-state index contributed by atoms with van der Waals surface area (Å²) in [7, 11) is 4.02. The van der Waals surface area contributed by atoms with E-state index < -0.39 is 0 Å². The van der Waals surface area contributed by atoms with Crippen molar-refractivity contribution in [3.05, 3.63) is 70.0 Å². The van der Waals surface area contributed by atoms with Crippen LogP contribution in [0.2, 0.25) is 0 Å². The van der Waals surface area contributed by atoms with E-state index in [4.69, 9.17) is 0 Å². The van der Waals surface area contributed by atoms with Gasteiger partial charge in [0, 0.05) is 42.2 Å². The van der Waals surface area contributed by atoms with Crippen molar-refractivity contribution >= 4 is 40.1 Å². The fourth-order valence-electron chi connectivity index (χ4n) is 2.71. The van der Waals surface area contributed by atoms with Crippen molar-refractivity contribution < 1.29 is 4.79 Å². The van der Waals surface area contributed by atoms with Crippen LogP contribution in [-0.4, -0.2) is 34.8 Å². The summed E-state index contributed by atoms with van der Waals surface area (Å²) in [5.41, 5.74) is 3.70. The van der Waals surface area contributed by atoms with Crippen LogP contribution in [0.4, 0.5) is 11.5 Å². The maximum Gasteiger partial charge on any atom is 0.276 e. The van der Waals surface area contributed by atoms with E-state index in [9.17, 15) is 4.79 Å². The molecule has 1 N–H and O–H groups in total. The highest BCUT2D eigenvalue weighted by Crippen LogP contribution is 2.26. The number of nitrogens with zero attached hydrogens (tertiary/aromatic N) is 4. The molecule has 3 heterocycles. The van der Waals surface area contributed by atoms with Crippen LogP contribution in [0.5, 0.6) is 0 Å². The first-order valence-corrected chi connectivity index (χ1v) is 10.5. The number of thiazole rings is 1. The van der Waals surface area contributed by atoms with Crippen LogP contribution >= 0.6 is 22.7 Å². The third-order valence-electron chi connectivity index (χ3n) is 4.25. The molecule has 0 saturated heterocycles. The Morgan fingerprint density at radius 1 is 1.14 bits per heavy atom. The van der Waals surface area contributed by atoms with Crippen LogP contribution < -0.4 is 10.2 Å². The molecule has 1 aromatic carbocycles. The molecule has 0 saturated carbocycles. The van der Waals surface area contributed by atoms with E-state index in [-0.39, 0.29) is 5.91 Å². The number of anilines is 2. The summed E-state index contributed by atoms with van der Waals surface area (Å²) in [6.07, 6.45) is 1.68. The van der Waals surface area contributed by atoms with Gasteiger partial charge in [0.25, 0.3) is 5.91 Å². The molecule has 1 amide bonds. The monoisotopic (exact) mass is 409 g/mol. The third-order valence-corrected chi connectivity index (χ3v) is 5.82. The summed E-state index contributed by atoms with van der Waals surface area (Å²) in [6, 6.07) is 12.1. The highest BCUT2D eigenvalue weighted by Gasteiger charge is 2.14. The Bertz CT molecular complexity index is 1060. The van der Waals surface area contributed by atoms with Crippen molar-refractivity contribution in [3.63, 3.8) is 0 Å². The molecule has 142 valence electrons. The Labute approximate surface area is 171 Å². The Morgan fingerprint density at radius 3 is 2.68 bits per heavy atom. The van der Waals surface area contributed by atoms with Crippen molar-refractivity contribution in [2.45, 2.75) is 6.54 Å². The average molecular weight is 410 g/mol. The number of nitrogens with one attached hydrogen (secondary N) is 1. The van der Waals surface area contributed by atoms with Gasteiger partial charge in [0.2, 0.25) is 0 Å². The molecule has 3 aromatic heterocycles. The molecular weight excluding hydrogens is 390 g/mol. The number of hydrogen-bond acceptors (Lipinski definition) is 6. The number of thiophene rings is 1. The fourth-order valence-corrected chi connectivity index (χ4v) is 4.23. The minimum absolute atomic E-state index is 0.234. The second-order valence-corrected chi connectivity index (χ2v) is 8.08. The molecule has 4 rings (SSSR count). The average Bonchev–Trinajstić information content (AvgIpc) is 3.44. The van der Waals surface area contributed by atoms with Crippen molar-refractivity contribution in [2.24, 2.45) is 0 Å². The number of carbonyl (C=O) groups is 1. The zero-order valence-corrected chi connectivity index (χ0v) is 17.1. The van der Waals surface area contributed by atoms with Crippen molar-refractivity contribution in [2.75, 3.05) is 24.3 Å². The zero-order chi connectivity index (χ0) is 19.5. The SMILES string of the molecule is CN(C)c1ccc(Cn2nccc2NC(=O)c2csc(-c3ccsc3)n2)cc1. The van der Waals surface area contributed by atoms with E-state index in [1.165, 1.54) is 11.3 Å². The molecule has 0 aliphatic rings. The molecular formula is C20H19N5OS2. The van der Waals surface area contributed by atoms with Crippen LogP contribution in [0.3, 0.4) is 0 Å². The van der Waals surface area contributed by atoms with Gasteiger partial charge in [0.15, 0.2) is 0 Å². The van der Waals surface area contributed by atoms with Crippen LogP contribution in [-0.2, 0) is 6.54 Å². The molecule has 0 bridgehead atoms. The van der Waals surface area contributed by atoms with Gasteiger partial charge in [-0.15, -0.1) is 11.3 Å². The molecule has 0 spiro atoms. The molecule has 28 heavy (non-hydrogen) atoms. The molecule has 0 aliphatic carbocycles. The van der Waals surface area contributed by atoms with Gasteiger partial charge in [-0.2, -0.15) is 16.4 Å². The summed E-state index contributed by atoms with van der Waals surface area (Å²) >= 11 is 3.08.